The summed E-state index contributed by atoms with van der Waals surface area (Å²) in [6, 6.07) is 11.8. The van der Waals surface area contributed by atoms with Gasteiger partial charge in [-0.1, -0.05) is 35.1 Å². The second-order valence-corrected chi connectivity index (χ2v) is 4.84. The third-order valence-corrected chi connectivity index (χ3v) is 3.59. The summed E-state index contributed by atoms with van der Waals surface area (Å²) in [5.74, 6) is 0.0160. The summed E-state index contributed by atoms with van der Waals surface area (Å²) < 4.78 is 0. The van der Waals surface area contributed by atoms with Crippen LogP contribution in [0.1, 0.15) is 11.3 Å². The van der Waals surface area contributed by atoms with Gasteiger partial charge in [0.15, 0.2) is 5.84 Å². The molecule has 0 saturated carbocycles. The molecule has 0 unspecified atom stereocenters. The average Bonchev–Trinajstić information content (AvgIpc) is 2.41. The number of benzene rings is 1. The molecule has 1 heterocycles. The van der Waals surface area contributed by atoms with Crippen molar-refractivity contribution >= 4 is 17.6 Å². The number of pyridine rings is 1. The van der Waals surface area contributed by atoms with Crippen LogP contribution in [0, 0.1) is 6.92 Å². The van der Waals surface area contributed by atoms with Crippen molar-refractivity contribution in [3.63, 3.8) is 0 Å². The summed E-state index contributed by atoms with van der Waals surface area (Å²) in [6.07, 6.45) is 1.65. The molecule has 92 valence electrons. The van der Waals surface area contributed by atoms with Gasteiger partial charge in [-0.05, 0) is 30.7 Å². The summed E-state index contributed by atoms with van der Waals surface area (Å²) in [5, 5.41) is 11.6. The lowest BCUT2D eigenvalue weighted by molar-refractivity contribution is 0.318. The van der Waals surface area contributed by atoms with Gasteiger partial charge < -0.3 is 10.9 Å². The molecule has 0 aliphatic carbocycles. The largest absolute Gasteiger partial charge is 0.409 e. The molecule has 0 atom stereocenters. The minimum Gasteiger partial charge on any atom is -0.409 e. The first-order chi connectivity index (χ1) is 8.70. The maximum absolute atomic E-state index is 8.63. The number of hydrogen-bond acceptors (Lipinski definition) is 4. The van der Waals surface area contributed by atoms with E-state index in [1.807, 2.05) is 18.2 Å². The fourth-order valence-electron chi connectivity index (χ4n) is 1.46. The summed E-state index contributed by atoms with van der Waals surface area (Å²) >= 11 is 1.62. The fraction of sp³-hybridized carbons (Fsp3) is 0.0769. The van der Waals surface area contributed by atoms with Crippen LogP contribution in [0.5, 0.6) is 0 Å². The van der Waals surface area contributed by atoms with Crippen LogP contribution < -0.4 is 5.73 Å². The predicted molar refractivity (Wildman–Crippen MR) is 72.0 cm³/mol. The van der Waals surface area contributed by atoms with Gasteiger partial charge in [-0.3, -0.25) is 4.98 Å². The normalized spacial score (nSPS) is 11.5. The highest BCUT2D eigenvalue weighted by atomic mass is 32.2. The van der Waals surface area contributed by atoms with Crippen LogP contribution >= 0.6 is 11.8 Å². The number of nitrogens with two attached hydrogens (primary N) is 1. The number of aromatic nitrogens is 1. The molecule has 4 nitrogen and oxygen atoms in total. The zero-order valence-corrected chi connectivity index (χ0v) is 10.7. The molecule has 0 spiro atoms. The van der Waals surface area contributed by atoms with E-state index in [0.717, 1.165) is 4.90 Å². The van der Waals surface area contributed by atoms with Gasteiger partial charge in [0, 0.05) is 16.0 Å². The second kappa shape index (κ2) is 5.55. The van der Waals surface area contributed by atoms with Crippen LogP contribution in [0.3, 0.4) is 0 Å². The summed E-state index contributed by atoms with van der Waals surface area (Å²) in [7, 11) is 0. The van der Waals surface area contributed by atoms with Gasteiger partial charge in [0.2, 0.25) is 0 Å². The van der Waals surface area contributed by atoms with E-state index in [9.17, 15) is 0 Å². The average molecular weight is 259 g/mol. The highest BCUT2D eigenvalue weighted by molar-refractivity contribution is 7.99. The minimum absolute atomic E-state index is 0.0160. The number of rotatable bonds is 3. The Hall–Kier alpha value is -2.01. The van der Waals surface area contributed by atoms with Crippen molar-refractivity contribution in [2.45, 2.75) is 16.7 Å². The molecular weight excluding hydrogens is 246 g/mol. The van der Waals surface area contributed by atoms with Crippen LogP contribution in [-0.2, 0) is 0 Å². The molecule has 18 heavy (non-hydrogen) atoms. The van der Waals surface area contributed by atoms with Crippen molar-refractivity contribution in [1.82, 2.24) is 4.98 Å². The third-order valence-electron chi connectivity index (χ3n) is 2.42. The van der Waals surface area contributed by atoms with Gasteiger partial charge in [0.1, 0.15) is 5.69 Å². The lowest BCUT2D eigenvalue weighted by Crippen LogP contribution is -2.14. The van der Waals surface area contributed by atoms with Crippen molar-refractivity contribution in [3.05, 3.63) is 53.9 Å². The number of hydrogen-bond donors (Lipinski definition) is 2. The fourth-order valence-corrected chi connectivity index (χ4v) is 2.39. The van der Waals surface area contributed by atoms with Crippen molar-refractivity contribution in [2.75, 3.05) is 0 Å². The van der Waals surface area contributed by atoms with Gasteiger partial charge >= 0.3 is 0 Å². The van der Waals surface area contributed by atoms with Gasteiger partial charge in [-0.25, -0.2) is 0 Å². The Morgan fingerprint density at radius 2 is 2.11 bits per heavy atom. The van der Waals surface area contributed by atoms with Gasteiger partial charge in [0.05, 0.1) is 0 Å². The highest BCUT2D eigenvalue weighted by Gasteiger charge is 2.04. The zero-order chi connectivity index (χ0) is 13.0. The molecular formula is C13H13N3OS. The number of aryl methyl sites for hydroxylation is 1. The van der Waals surface area contributed by atoms with Crippen molar-refractivity contribution in [1.29, 1.82) is 0 Å². The van der Waals surface area contributed by atoms with Gasteiger partial charge in [0.25, 0.3) is 0 Å². The van der Waals surface area contributed by atoms with E-state index < -0.39 is 0 Å². The third kappa shape index (κ3) is 2.81. The number of oxime groups is 1. The van der Waals surface area contributed by atoms with Gasteiger partial charge in [-0.15, -0.1) is 0 Å². The van der Waals surface area contributed by atoms with E-state index in [4.69, 9.17) is 10.9 Å². The SMILES string of the molecule is Cc1ccccc1Sc1ccnc(C(N)=NO)c1. The molecule has 0 saturated heterocycles. The topological polar surface area (TPSA) is 71.5 Å². The van der Waals surface area contributed by atoms with E-state index in [0.29, 0.717) is 5.69 Å². The molecule has 1 aromatic carbocycles. The molecule has 0 radical (unpaired) electrons. The van der Waals surface area contributed by atoms with Crippen LogP contribution in [-0.4, -0.2) is 16.0 Å². The first-order valence-corrected chi connectivity index (χ1v) is 6.20. The Balaban J connectivity index is 2.28. The molecule has 0 amide bonds. The van der Waals surface area contributed by atoms with E-state index in [1.165, 1.54) is 10.5 Å². The van der Waals surface area contributed by atoms with E-state index in [1.54, 1.807) is 24.0 Å². The molecule has 0 aliphatic heterocycles. The Labute approximate surface area is 110 Å². The van der Waals surface area contributed by atoms with E-state index in [2.05, 4.69) is 29.2 Å². The first-order valence-electron chi connectivity index (χ1n) is 5.38. The number of nitrogens with zero attached hydrogens (tertiary/aromatic N) is 2. The smallest absolute Gasteiger partial charge is 0.188 e. The van der Waals surface area contributed by atoms with Gasteiger partial charge in [-0.2, -0.15) is 0 Å². The molecule has 3 N–H and O–H groups in total. The van der Waals surface area contributed by atoms with E-state index in [-0.39, 0.29) is 5.84 Å². The standard InChI is InChI=1S/C13H13N3OS/c1-9-4-2-3-5-12(9)18-10-6-7-15-11(8-10)13(14)16-17/h2-8,17H,1H3,(H2,14,16). The summed E-state index contributed by atoms with van der Waals surface area (Å²) in [5.41, 5.74) is 7.20. The molecule has 0 bridgehead atoms. The van der Waals surface area contributed by atoms with Crippen LogP contribution in [0.2, 0.25) is 0 Å². The molecule has 2 rings (SSSR count). The minimum atomic E-state index is 0.0160. The maximum Gasteiger partial charge on any atom is 0.188 e. The lowest BCUT2D eigenvalue weighted by Gasteiger charge is -2.06. The van der Waals surface area contributed by atoms with Crippen LogP contribution in [0.15, 0.2) is 57.5 Å². The Kier molecular flexibility index (Phi) is 3.84. The first kappa shape index (κ1) is 12.4. The van der Waals surface area contributed by atoms with Crippen molar-refractivity contribution < 1.29 is 5.21 Å². The number of amidine groups is 1. The predicted octanol–water partition coefficient (Wildman–Crippen LogP) is 2.64. The van der Waals surface area contributed by atoms with E-state index >= 15 is 0 Å². The Morgan fingerprint density at radius 3 is 2.83 bits per heavy atom. The molecule has 5 heteroatoms. The molecule has 1 aromatic heterocycles. The summed E-state index contributed by atoms with van der Waals surface area (Å²) in [4.78, 5) is 6.22. The van der Waals surface area contributed by atoms with Crippen LogP contribution in [0.25, 0.3) is 0 Å². The monoisotopic (exact) mass is 259 g/mol. The quantitative estimate of drug-likeness (QED) is 0.385. The zero-order valence-electron chi connectivity index (χ0n) is 9.87. The summed E-state index contributed by atoms with van der Waals surface area (Å²) in [6.45, 7) is 2.06. The van der Waals surface area contributed by atoms with Crippen LogP contribution in [0.4, 0.5) is 0 Å². The molecule has 0 aliphatic rings. The Morgan fingerprint density at radius 1 is 1.33 bits per heavy atom. The van der Waals surface area contributed by atoms with Crippen molar-refractivity contribution in [2.24, 2.45) is 10.9 Å². The molecule has 0 fully saturated rings. The van der Waals surface area contributed by atoms with Crippen molar-refractivity contribution in [3.8, 4) is 0 Å². The second-order valence-electron chi connectivity index (χ2n) is 3.73. The maximum atomic E-state index is 8.63. The highest BCUT2D eigenvalue weighted by Crippen LogP contribution is 2.29. The lowest BCUT2D eigenvalue weighted by atomic mass is 10.2. The molecule has 2 aromatic rings. The Bertz CT molecular complexity index is 584.